The first kappa shape index (κ1) is 14.0. The van der Waals surface area contributed by atoms with Crippen LogP contribution in [0.5, 0.6) is 0 Å². The van der Waals surface area contributed by atoms with Gasteiger partial charge < -0.3 is 0 Å². The quantitative estimate of drug-likeness (QED) is 0.932. The molecule has 2 rings (SSSR count). The molecule has 0 aliphatic carbocycles. The fourth-order valence-corrected chi connectivity index (χ4v) is 3.50. The van der Waals surface area contributed by atoms with E-state index in [9.17, 15) is 8.42 Å². The molecule has 0 amide bonds. The third-order valence-corrected chi connectivity index (χ3v) is 4.65. The molecular formula is C13H13BrN2O2S. The van der Waals surface area contributed by atoms with Gasteiger partial charge in [0, 0.05) is 10.7 Å². The molecule has 0 spiro atoms. The van der Waals surface area contributed by atoms with Gasteiger partial charge in [0.25, 0.3) is 10.0 Å². The van der Waals surface area contributed by atoms with Gasteiger partial charge in [0.15, 0.2) is 0 Å². The molecule has 0 fully saturated rings. The van der Waals surface area contributed by atoms with Crippen LogP contribution in [0.15, 0.2) is 45.9 Å². The van der Waals surface area contributed by atoms with Crippen molar-refractivity contribution >= 4 is 31.8 Å². The summed E-state index contributed by atoms with van der Waals surface area (Å²) in [4.78, 5) is 4.28. The molecule has 19 heavy (non-hydrogen) atoms. The Morgan fingerprint density at radius 3 is 2.58 bits per heavy atom. The molecule has 1 aromatic heterocycles. The van der Waals surface area contributed by atoms with Crippen molar-refractivity contribution in [3.05, 3.63) is 52.1 Å². The minimum absolute atomic E-state index is 0.243. The first-order valence-corrected chi connectivity index (χ1v) is 7.88. The van der Waals surface area contributed by atoms with Crippen LogP contribution in [-0.4, -0.2) is 13.4 Å². The maximum absolute atomic E-state index is 12.4. The van der Waals surface area contributed by atoms with E-state index in [0.29, 0.717) is 11.4 Å². The van der Waals surface area contributed by atoms with E-state index in [0.717, 1.165) is 10.0 Å². The first-order valence-electron chi connectivity index (χ1n) is 5.61. The van der Waals surface area contributed by atoms with Gasteiger partial charge in [0.05, 0.1) is 4.90 Å². The summed E-state index contributed by atoms with van der Waals surface area (Å²) in [5, 5.41) is 0. The zero-order chi connectivity index (χ0) is 14.0. The van der Waals surface area contributed by atoms with E-state index in [4.69, 9.17) is 0 Å². The van der Waals surface area contributed by atoms with Gasteiger partial charge in [-0.15, -0.1) is 0 Å². The van der Waals surface area contributed by atoms with E-state index in [-0.39, 0.29) is 4.90 Å². The van der Waals surface area contributed by atoms with E-state index in [1.165, 1.54) is 0 Å². The molecule has 0 aliphatic heterocycles. The van der Waals surface area contributed by atoms with Gasteiger partial charge in [0.1, 0.15) is 5.82 Å². The van der Waals surface area contributed by atoms with Gasteiger partial charge in [-0.1, -0.05) is 28.1 Å². The lowest BCUT2D eigenvalue weighted by molar-refractivity contribution is 0.600. The van der Waals surface area contributed by atoms with Gasteiger partial charge in [-0.2, -0.15) is 0 Å². The largest absolute Gasteiger partial charge is 0.263 e. The fraction of sp³-hybridized carbons (Fsp3) is 0.154. The molecule has 1 aromatic carbocycles. The van der Waals surface area contributed by atoms with Crippen molar-refractivity contribution in [3.8, 4) is 0 Å². The number of benzene rings is 1. The van der Waals surface area contributed by atoms with Crippen LogP contribution in [0.1, 0.15) is 11.1 Å². The van der Waals surface area contributed by atoms with Gasteiger partial charge in [-0.05, 0) is 43.2 Å². The van der Waals surface area contributed by atoms with Crippen molar-refractivity contribution in [2.75, 3.05) is 4.72 Å². The topological polar surface area (TPSA) is 59.1 Å². The zero-order valence-electron chi connectivity index (χ0n) is 10.5. The van der Waals surface area contributed by atoms with Crippen molar-refractivity contribution in [2.45, 2.75) is 18.7 Å². The fourth-order valence-electron chi connectivity index (χ4n) is 1.64. The van der Waals surface area contributed by atoms with Crippen molar-refractivity contribution in [2.24, 2.45) is 0 Å². The summed E-state index contributed by atoms with van der Waals surface area (Å²) in [5.74, 6) is 0.349. The summed E-state index contributed by atoms with van der Waals surface area (Å²) in [6.45, 7) is 3.56. The van der Waals surface area contributed by atoms with Crippen LogP contribution in [0.3, 0.4) is 0 Å². The summed E-state index contributed by atoms with van der Waals surface area (Å²) in [7, 11) is -3.63. The van der Waals surface area contributed by atoms with Crippen LogP contribution in [-0.2, 0) is 10.0 Å². The maximum atomic E-state index is 12.4. The molecule has 0 saturated carbocycles. The number of pyridine rings is 1. The van der Waals surface area contributed by atoms with Crippen LogP contribution < -0.4 is 4.72 Å². The lowest BCUT2D eigenvalue weighted by Gasteiger charge is -2.11. The third kappa shape index (κ3) is 3.13. The van der Waals surface area contributed by atoms with Gasteiger partial charge in [-0.25, -0.2) is 13.4 Å². The average molecular weight is 341 g/mol. The van der Waals surface area contributed by atoms with E-state index in [1.807, 2.05) is 0 Å². The Hall–Kier alpha value is -1.40. The lowest BCUT2D eigenvalue weighted by atomic mass is 10.2. The second-order valence-electron chi connectivity index (χ2n) is 4.18. The zero-order valence-corrected chi connectivity index (χ0v) is 12.9. The second-order valence-corrected chi connectivity index (χ2v) is 6.75. The van der Waals surface area contributed by atoms with Gasteiger partial charge in [0.2, 0.25) is 0 Å². The van der Waals surface area contributed by atoms with Crippen LogP contribution in [0.2, 0.25) is 0 Å². The number of halogens is 1. The molecular weight excluding hydrogens is 328 g/mol. The smallest absolute Gasteiger partial charge is 0.263 e. The highest BCUT2D eigenvalue weighted by molar-refractivity contribution is 9.10. The monoisotopic (exact) mass is 340 g/mol. The highest BCUT2D eigenvalue weighted by Crippen LogP contribution is 2.23. The van der Waals surface area contributed by atoms with Gasteiger partial charge in [-0.3, -0.25) is 4.72 Å². The van der Waals surface area contributed by atoms with Crippen molar-refractivity contribution in [3.63, 3.8) is 0 Å². The van der Waals surface area contributed by atoms with Crippen molar-refractivity contribution < 1.29 is 8.42 Å². The Morgan fingerprint density at radius 2 is 1.89 bits per heavy atom. The first-order chi connectivity index (χ1) is 8.90. The number of hydrogen-bond donors (Lipinski definition) is 1. The molecule has 0 bridgehead atoms. The SMILES string of the molecule is Cc1ccc(Br)cc1S(=O)(=O)Nc1ncccc1C. The second kappa shape index (κ2) is 5.30. The standard InChI is InChI=1S/C13H13BrN2O2S/c1-9-5-6-11(14)8-12(9)19(17,18)16-13-10(2)4-3-7-15-13/h3-8H,1-2H3,(H,15,16). The van der Waals surface area contributed by atoms with Crippen LogP contribution in [0.25, 0.3) is 0 Å². The Balaban J connectivity index is 2.44. The third-order valence-electron chi connectivity index (χ3n) is 2.68. The Bertz CT molecular complexity index is 714. The number of rotatable bonds is 3. The van der Waals surface area contributed by atoms with E-state index < -0.39 is 10.0 Å². The minimum Gasteiger partial charge on any atom is -0.263 e. The lowest BCUT2D eigenvalue weighted by Crippen LogP contribution is -2.16. The molecule has 6 heteroatoms. The highest BCUT2D eigenvalue weighted by Gasteiger charge is 2.18. The highest BCUT2D eigenvalue weighted by atomic mass is 79.9. The number of nitrogens with one attached hydrogen (secondary N) is 1. The molecule has 100 valence electrons. The number of nitrogens with zero attached hydrogens (tertiary/aromatic N) is 1. The maximum Gasteiger partial charge on any atom is 0.263 e. The van der Waals surface area contributed by atoms with E-state index in [1.54, 1.807) is 50.4 Å². The Labute approximate surface area is 121 Å². The summed E-state index contributed by atoms with van der Waals surface area (Å²) < 4.78 is 27.9. The number of aromatic nitrogens is 1. The number of aryl methyl sites for hydroxylation is 2. The molecule has 2 aromatic rings. The van der Waals surface area contributed by atoms with Crippen molar-refractivity contribution in [1.29, 1.82) is 0 Å². The Morgan fingerprint density at radius 1 is 1.16 bits per heavy atom. The molecule has 1 heterocycles. The van der Waals surface area contributed by atoms with Crippen molar-refractivity contribution in [1.82, 2.24) is 4.98 Å². The molecule has 0 radical (unpaired) electrons. The molecule has 0 aliphatic rings. The number of anilines is 1. The Kier molecular flexibility index (Phi) is 3.91. The summed E-state index contributed by atoms with van der Waals surface area (Å²) >= 11 is 3.28. The number of hydrogen-bond acceptors (Lipinski definition) is 3. The predicted octanol–water partition coefficient (Wildman–Crippen LogP) is 3.26. The predicted molar refractivity (Wildman–Crippen MR) is 78.7 cm³/mol. The molecule has 4 nitrogen and oxygen atoms in total. The normalized spacial score (nSPS) is 11.3. The number of sulfonamides is 1. The molecule has 0 atom stereocenters. The van der Waals surface area contributed by atoms with Crippen LogP contribution in [0.4, 0.5) is 5.82 Å². The molecule has 0 saturated heterocycles. The molecule has 0 unspecified atom stereocenters. The minimum atomic E-state index is -3.63. The van der Waals surface area contributed by atoms with Crippen LogP contribution >= 0.6 is 15.9 Å². The van der Waals surface area contributed by atoms with Crippen LogP contribution in [0, 0.1) is 13.8 Å². The molecule has 1 N–H and O–H groups in total. The average Bonchev–Trinajstić information content (AvgIpc) is 2.35. The van der Waals surface area contributed by atoms with E-state index in [2.05, 4.69) is 25.6 Å². The summed E-state index contributed by atoms with van der Waals surface area (Å²) in [6.07, 6.45) is 1.55. The summed E-state index contributed by atoms with van der Waals surface area (Å²) in [6, 6.07) is 8.70. The summed E-state index contributed by atoms with van der Waals surface area (Å²) in [5.41, 5.74) is 1.46. The van der Waals surface area contributed by atoms with E-state index >= 15 is 0 Å². The van der Waals surface area contributed by atoms with Gasteiger partial charge >= 0.3 is 0 Å².